The Kier molecular flexibility index (Phi) is 8.25. The number of amides is 2. The number of nitrogens with one attached hydrogen (secondary N) is 2. The summed E-state index contributed by atoms with van der Waals surface area (Å²) in [7, 11) is 1.85. The van der Waals surface area contributed by atoms with Gasteiger partial charge in [-0.05, 0) is 74.0 Å². The van der Waals surface area contributed by atoms with E-state index in [9.17, 15) is 14.4 Å². The summed E-state index contributed by atoms with van der Waals surface area (Å²) in [5.74, 6) is 0.463. The summed E-state index contributed by atoms with van der Waals surface area (Å²) < 4.78 is 0. The molecule has 0 fully saturated rings. The van der Waals surface area contributed by atoms with Gasteiger partial charge in [-0.2, -0.15) is 0 Å². The number of fused-ring (bicyclic) bond motifs is 1. The lowest BCUT2D eigenvalue weighted by molar-refractivity contribution is -0.127. The van der Waals surface area contributed by atoms with Gasteiger partial charge in [0.25, 0.3) is 0 Å². The normalized spacial score (nSPS) is 19.9. The number of aromatic nitrogens is 1. The Balaban J connectivity index is 1.41. The second-order valence-electron chi connectivity index (χ2n) is 9.23. The molecule has 2 amide bonds. The maximum atomic E-state index is 12.9. The minimum absolute atomic E-state index is 0.0169. The summed E-state index contributed by atoms with van der Waals surface area (Å²) in [6, 6.07) is 6.20. The molecular weight excluding hydrogens is 460 g/mol. The number of hydrogen-bond donors (Lipinski definition) is 2. The number of pyridine rings is 1. The van der Waals surface area contributed by atoms with E-state index in [4.69, 9.17) is 0 Å². The molecule has 2 aromatic rings. The molecule has 1 unspecified atom stereocenters. The first kappa shape index (κ1) is 25.0. The molecule has 2 aliphatic rings. The summed E-state index contributed by atoms with van der Waals surface area (Å²) >= 11 is 1.77. The Morgan fingerprint density at radius 3 is 2.97 bits per heavy atom. The third kappa shape index (κ3) is 6.13. The summed E-state index contributed by atoms with van der Waals surface area (Å²) in [6.07, 6.45) is 12.0. The monoisotopic (exact) mass is 492 g/mol. The van der Waals surface area contributed by atoms with Crippen LogP contribution in [0.1, 0.15) is 41.7 Å². The van der Waals surface area contributed by atoms with Gasteiger partial charge in [-0.3, -0.25) is 9.59 Å². The molecule has 1 atom stereocenters. The van der Waals surface area contributed by atoms with Crippen molar-refractivity contribution in [1.82, 2.24) is 15.2 Å². The molecule has 0 spiro atoms. The van der Waals surface area contributed by atoms with Gasteiger partial charge >= 0.3 is 0 Å². The Morgan fingerprint density at radius 1 is 1.37 bits per heavy atom. The molecule has 0 radical (unpaired) electrons. The van der Waals surface area contributed by atoms with E-state index in [1.807, 2.05) is 18.0 Å². The van der Waals surface area contributed by atoms with Crippen LogP contribution < -0.4 is 10.6 Å². The fraction of sp³-hybridized carbons (Fsp3) is 0.407. The molecule has 0 bridgehead atoms. The minimum atomic E-state index is -0.641. The van der Waals surface area contributed by atoms with Crippen LogP contribution in [-0.2, 0) is 27.2 Å². The van der Waals surface area contributed by atoms with Gasteiger partial charge in [0.05, 0.1) is 5.41 Å². The number of hydrogen-bond acceptors (Lipinski definition) is 6. The molecule has 35 heavy (non-hydrogen) atoms. The number of rotatable bonds is 10. The highest BCUT2D eigenvalue weighted by molar-refractivity contribution is 7.09. The molecule has 0 aromatic carbocycles. The molecule has 4 heterocycles. The van der Waals surface area contributed by atoms with Crippen molar-refractivity contribution in [3.63, 3.8) is 0 Å². The van der Waals surface area contributed by atoms with Crippen LogP contribution in [-0.4, -0.2) is 54.7 Å². The van der Waals surface area contributed by atoms with Gasteiger partial charge in [0, 0.05) is 43.1 Å². The lowest BCUT2D eigenvalue weighted by Gasteiger charge is -2.36. The largest absolute Gasteiger partial charge is 0.335 e. The van der Waals surface area contributed by atoms with Gasteiger partial charge < -0.3 is 20.3 Å². The van der Waals surface area contributed by atoms with Gasteiger partial charge in [-0.25, -0.2) is 4.98 Å². The summed E-state index contributed by atoms with van der Waals surface area (Å²) in [4.78, 5) is 44.3. The summed E-state index contributed by atoms with van der Waals surface area (Å²) in [5, 5.41) is 8.14. The zero-order valence-electron chi connectivity index (χ0n) is 20.1. The van der Waals surface area contributed by atoms with E-state index in [0.717, 1.165) is 36.8 Å². The SMILES string of the molecule is CNCCC1(CCC=O)Cc2cc(/C=C/C(=O)N3CC=C(Cc4cccs4)CC3)cnc2NC1=O. The summed E-state index contributed by atoms with van der Waals surface area (Å²) in [6.45, 7) is 2.03. The fourth-order valence-electron chi connectivity index (χ4n) is 4.76. The van der Waals surface area contributed by atoms with E-state index >= 15 is 0 Å². The maximum absolute atomic E-state index is 12.9. The molecule has 2 aromatic heterocycles. The molecule has 0 saturated heterocycles. The Bertz CT molecular complexity index is 1130. The maximum Gasteiger partial charge on any atom is 0.246 e. The third-order valence-electron chi connectivity index (χ3n) is 6.84. The summed E-state index contributed by atoms with van der Waals surface area (Å²) in [5.41, 5.74) is 2.49. The zero-order valence-corrected chi connectivity index (χ0v) is 20.9. The van der Waals surface area contributed by atoms with Crippen molar-refractivity contribution in [2.75, 3.05) is 32.0 Å². The number of aldehydes is 1. The highest BCUT2D eigenvalue weighted by Gasteiger charge is 2.41. The molecule has 0 saturated carbocycles. The topological polar surface area (TPSA) is 91.4 Å². The van der Waals surface area contributed by atoms with Crippen LogP contribution in [0, 0.1) is 5.41 Å². The predicted octanol–water partition coefficient (Wildman–Crippen LogP) is 3.63. The van der Waals surface area contributed by atoms with Gasteiger partial charge in [0.2, 0.25) is 11.8 Å². The number of carbonyl (C=O) groups is 3. The van der Waals surface area contributed by atoms with Gasteiger partial charge in [-0.15, -0.1) is 11.3 Å². The van der Waals surface area contributed by atoms with E-state index in [-0.39, 0.29) is 11.8 Å². The van der Waals surface area contributed by atoms with Crippen LogP contribution in [0.5, 0.6) is 0 Å². The third-order valence-corrected chi connectivity index (χ3v) is 7.72. The van der Waals surface area contributed by atoms with E-state index in [0.29, 0.717) is 44.6 Å². The van der Waals surface area contributed by atoms with Crippen LogP contribution in [0.4, 0.5) is 5.82 Å². The first-order chi connectivity index (χ1) is 17.0. The molecule has 2 aliphatic heterocycles. The smallest absolute Gasteiger partial charge is 0.246 e. The van der Waals surface area contributed by atoms with Crippen molar-refractivity contribution in [1.29, 1.82) is 0 Å². The lowest BCUT2D eigenvalue weighted by Crippen LogP contribution is -2.44. The molecule has 8 heteroatoms. The van der Waals surface area contributed by atoms with Crippen LogP contribution in [0.25, 0.3) is 6.08 Å². The Hall–Kier alpha value is -3.10. The van der Waals surface area contributed by atoms with E-state index in [1.165, 1.54) is 10.5 Å². The predicted molar refractivity (Wildman–Crippen MR) is 139 cm³/mol. The number of anilines is 1. The van der Waals surface area contributed by atoms with Crippen molar-refractivity contribution in [3.8, 4) is 0 Å². The van der Waals surface area contributed by atoms with Crippen LogP contribution >= 0.6 is 11.3 Å². The first-order valence-electron chi connectivity index (χ1n) is 12.1. The Labute approximate surface area is 210 Å². The molecular formula is C27H32N4O3S. The number of nitrogens with zero attached hydrogens (tertiary/aromatic N) is 2. The van der Waals surface area contributed by atoms with Crippen LogP contribution in [0.2, 0.25) is 0 Å². The van der Waals surface area contributed by atoms with Crippen molar-refractivity contribution < 1.29 is 14.4 Å². The van der Waals surface area contributed by atoms with E-state index in [2.05, 4.69) is 39.2 Å². The van der Waals surface area contributed by atoms with Gasteiger partial charge in [0.1, 0.15) is 12.1 Å². The fourth-order valence-corrected chi connectivity index (χ4v) is 5.52. The average molecular weight is 493 g/mol. The van der Waals surface area contributed by atoms with Gasteiger partial charge in [0.15, 0.2) is 0 Å². The average Bonchev–Trinajstić information content (AvgIpc) is 3.38. The second-order valence-corrected chi connectivity index (χ2v) is 10.3. The molecule has 2 N–H and O–H groups in total. The van der Waals surface area contributed by atoms with Crippen molar-refractivity contribution in [2.45, 2.75) is 38.5 Å². The second kappa shape index (κ2) is 11.6. The van der Waals surface area contributed by atoms with Crippen molar-refractivity contribution >= 4 is 41.3 Å². The standard InChI is InChI=1S/C27H32N4O3S/c1-28-11-10-27(9-3-14-32)18-22-16-21(19-29-25(22)30-26(27)34)5-6-24(33)31-12-7-20(8-13-31)17-23-4-2-15-35-23/h2,4-7,14-16,19,28H,3,8-13,17-18H2,1H3,(H,29,30,34)/b6-5+. The number of carbonyl (C=O) groups excluding carboxylic acids is 3. The zero-order chi connectivity index (χ0) is 24.7. The highest BCUT2D eigenvalue weighted by Crippen LogP contribution is 2.39. The molecule has 184 valence electrons. The van der Waals surface area contributed by atoms with Crippen molar-refractivity contribution in [3.05, 3.63) is 63.5 Å². The van der Waals surface area contributed by atoms with Crippen LogP contribution in [0.15, 0.2) is 47.5 Å². The molecule has 7 nitrogen and oxygen atoms in total. The molecule has 0 aliphatic carbocycles. The first-order valence-corrected chi connectivity index (χ1v) is 13.0. The number of thiophene rings is 1. The van der Waals surface area contributed by atoms with E-state index < -0.39 is 5.41 Å². The van der Waals surface area contributed by atoms with Crippen LogP contribution in [0.3, 0.4) is 0 Å². The molecule has 4 rings (SSSR count). The quantitative estimate of drug-likeness (QED) is 0.300. The van der Waals surface area contributed by atoms with Crippen molar-refractivity contribution in [2.24, 2.45) is 5.41 Å². The minimum Gasteiger partial charge on any atom is -0.335 e. The lowest BCUT2D eigenvalue weighted by atomic mass is 9.72. The van der Waals surface area contributed by atoms with Gasteiger partial charge in [-0.1, -0.05) is 17.7 Å². The van der Waals surface area contributed by atoms with E-state index in [1.54, 1.807) is 29.7 Å². The Morgan fingerprint density at radius 2 is 2.26 bits per heavy atom. The highest BCUT2D eigenvalue weighted by atomic mass is 32.1.